The fourth-order valence-corrected chi connectivity index (χ4v) is 2.66. The highest BCUT2D eigenvalue weighted by Crippen LogP contribution is 2.23. The fourth-order valence-electron chi connectivity index (χ4n) is 2.45. The molecule has 20 heavy (non-hydrogen) atoms. The third-order valence-electron chi connectivity index (χ3n) is 3.37. The van der Waals surface area contributed by atoms with Crippen molar-refractivity contribution in [2.24, 2.45) is 0 Å². The lowest BCUT2D eigenvalue weighted by molar-refractivity contribution is 0.478. The van der Waals surface area contributed by atoms with Crippen LogP contribution < -0.4 is 5.32 Å². The van der Waals surface area contributed by atoms with Crippen LogP contribution in [0.3, 0.4) is 0 Å². The van der Waals surface area contributed by atoms with Gasteiger partial charge in [-0.15, -0.1) is 0 Å². The highest BCUT2D eigenvalue weighted by molar-refractivity contribution is 6.31. The number of aryl methyl sites for hydroxylation is 1. The molecule has 0 saturated carbocycles. The zero-order valence-corrected chi connectivity index (χ0v) is 12.9. The Morgan fingerprint density at radius 1 is 1.25 bits per heavy atom. The molecule has 108 valence electrons. The summed E-state index contributed by atoms with van der Waals surface area (Å²) in [4.78, 5) is 0. The normalized spacial score (nSPS) is 12.6. The van der Waals surface area contributed by atoms with Crippen LogP contribution in [0.4, 0.5) is 0 Å². The van der Waals surface area contributed by atoms with E-state index in [0.717, 1.165) is 31.0 Å². The zero-order chi connectivity index (χ0) is 14.4. The quantitative estimate of drug-likeness (QED) is 0.840. The van der Waals surface area contributed by atoms with Crippen LogP contribution >= 0.6 is 11.6 Å². The first-order chi connectivity index (χ1) is 9.76. The molecule has 1 atom stereocenters. The topological polar surface area (TPSA) is 29.9 Å². The maximum Gasteiger partial charge on any atom is 0.0556 e. The average molecular weight is 292 g/mol. The standard InChI is InChI=1S/C16H22ClN3/c1-3-11-20-16(9-10-19-20)15(18-4-2)12-13-7-5-6-8-14(13)17/h5-10,15,18H,3-4,11-12H2,1-2H3. The summed E-state index contributed by atoms with van der Waals surface area (Å²) in [6.45, 7) is 6.17. The minimum absolute atomic E-state index is 0.244. The summed E-state index contributed by atoms with van der Waals surface area (Å²) < 4.78 is 2.09. The molecule has 0 amide bonds. The fraction of sp³-hybridized carbons (Fsp3) is 0.438. The maximum atomic E-state index is 6.28. The molecule has 2 aromatic rings. The molecular formula is C16H22ClN3. The van der Waals surface area contributed by atoms with E-state index in [2.05, 4.69) is 41.1 Å². The van der Waals surface area contributed by atoms with Gasteiger partial charge in [0.2, 0.25) is 0 Å². The van der Waals surface area contributed by atoms with E-state index < -0.39 is 0 Å². The Kier molecular flexibility index (Phi) is 5.62. The lowest BCUT2D eigenvalue weighted by Crippen LogP contribution is -2.26. The van der Waals surface area contributed by atoms with Crippen LogP contribution in [-0.4, -0.2) is 16.3 Å². The van der Waals surface area contributed by atoms with E-state index in [4.69, 9.17) is 11.6 Å². The first-order valence-corrected chi connectivity index (χ1v) is 7.62. The largest absolute Gasteiger partial charge is 0.309 e. The van der Waals surface area contributed by atoms with Gasteiger partial charge in [0.15, 0.2) is 0 Å². The molecule has 1 aromatic carbocycles. The summed E-state index contributed by atoms with van der Waals surface area (Å²) in [7, 11) is 0. The Hall–Kier alpha value is -1.32. The van der Waals surface area contributed by atoms with Gasteiger partial charge in [-0.1, -0.05) is 43.6 Å². The monoisotopic (exact) mass is 291 g/mol. The SMILES string of the molecule is CCCn1nccc1C(Cc1ccccc1Cl)NCC. The third kappa shape index (κ3) is 3.62. The van der Waals surface area contributed by atoms with Crippen molar-refractivity contribution < 1.29 is 0 Å². The summed E-state index contributed by atoms with van der Waals surface area (Å²) in [5.41, 5.74) is 2.40. The van der Waals surface area contributed by atoms with Gasteiger partial charge in [-0.05, 0) is 37.1 Å². The molecule has 0 spiro atoms. The average Bonchev–Trinajstić information content (AvgIpc) is 2.89. The van der Waals surface area contributed by atoms with Crippen molar-refractivity contribution in [1.29, 1.82) is 0 Å². The second kappa shape index (κ2) is 7.46. The van der Waals surface area contributed by atoms with Gasteiger partial charge >= 0.3 is 0 Å². The second-order valence-electron chi connectivity index (χ2n) is 4.89. The summed E-state index contributed by atoms with van der Waals surface area (Å²) >= 11 is 6.28. The summed E-state index contributed by atoms with van der Waals surface area (Å²) in [5, 5.41) is 8.79. The third-order valence-corrected chi connectivity index (χ3v) is 3.74. The van der Waals surface area contributed by atoms with E-state index in [-0.39, 0.29) is 6.04 Å². The second-order valence-corrected chi connectivity index (χ2v) is 5.29. The predicted octanol–water partition coefficient (Wildman–Crippen LogP) is 3.84. The molecule has 0 radical (unpaired) electrons. The molecule has 0 aliphatic carbocycles. The number of hydrogen-bond acceptors (Lipinski definition) is 2. The maximum absolute atomic E-state index is 6.28. The molecule has 1 heterocycles. The minimum Gasteiger partial charge on any atom is -0.309 e. The molecule has 4 heteroatoms. The van der Waals surface area contributed by atoms with Gasteiger partial charge in [0, 0.05) is 17.8 Å². The van der Waals surface area contributed by atoms with Crippen LogP contribution in [0, 0.1) is 0 Å². The number of nitrogens with zero attached hydrogens (tertiary/aromatic N) is 2. The van der Waals surface area contributed by atoms with Crippen LogP contribution in [-0.2, 0) is 13.0 Å². The Labute approximate surface area is 126 Å². The smallest absolute Gasteiger partial charge is 0.0556 e. The molecule has 0 aliphatic rings. The molecular weight excluding hydrogens is 270 g/mol. The van der Waals surface area contributed by atoms with Crippen molar-refractivity contribution in [3.8, 4) is 0 Å². The van der Waals surface area contributed by atoms with Crippen LogP contribution in [0.1, 0.15) is 37.6 Å². The lowest BCUT2D eigenvalue weighted by atomic mass is 10.0. The number of nitrogens with one attached hydrogen (secondary N) is 1. The molecule has 0 fully saturated rings. The molecule has 0 bridgehead atoms. The van der Waals surface area contributed by atoms with Crippen molar-refractivity contribution in [1.82, 2.24) is 15.1 Å². The van der Waals surface area contributed by atoms with Crippen molar-refractivity contribution in [2.75, 3.05) is 6.54 Å². The molecule has 3 nitrogen and oxygen atoms in total. The molecule has 0 aliphatic heterocycles. The zero-order valence-electron chi connectivity index (χ0n) is 12.1. The number of likely N-dealkylation sites (N-methyl/N-ethyl adjacent to an activating group) is 1. The van der Waals surface area contributed by atoms with Gasteiger partial charge in [-0.3, -0.25) is 4.68 Å². The van der Waals surface area contributed by atoms with E-state index in [1.807, 2.05) is 24.4 Å². The number of hydrogen-bond donors (Lipinski definition) is 1. The van der Waals surface area contributed by atoms with E-state index in [1.54, 1.807) is 0 Å². The van der Waals surface area contributed by atoms with Crippen LogP contribution in [0.5, 0.6) is 0 Å². The first kappa shape index (κ1) is 15.1. The van der Waals surface area contributed by atoms with Gasteiger partial charge in [0.25, 0.3) is 0 Å². The lowest BCUT2D eigenvalue weighted by Gasteiger charge is -2.20. The first-order valence-electron chi connectivity index (χ1n) is 7.24. The van der Waals surface area contributed by atoms with Crippen molar-refractivity contribution in [2.45, 2.75) is 39.3 Å². The molecule has 1 unspecified atom stereocenters. The minimum atomic E-state index is 0.244. The summed E-state index contributed by atoms with van der Waals surface area (Å²) in [5.74, 6) is 0. The van der Waals surface area contributed by atoms with E-state index in [1.165, 1.54) is 11.3 Å². The number of aromatic nitrogens is 2. The molecule has 2 rings (SSSR count). The van der Waals surface area contributed by atoms with Gasteiger partial charge in [0.05, 0.1) is 11.7 Å². The van der Waals surface area contributed by atoms with Gasteiger partial charge in [-0.2, -0.15) is 5.10 Å². The van der Waals surface area contributed by atoms with Gasteiger partial charge < -0.3 is 5.32 Å². The molecule has 1 N–H and O–H groups in total. The Morgan fingerprint density at radius 2 is 2.05 bits per heavy atom. The Morgan fingerprint density at radius 3 is 2.75 bits per heavy atom. The van der Waals surface area contributed by atoms with Crippen molar-refractivity contribution in [3.63, 3.8) is 0 Å². The Bertz CT molecular complexity index is 536. The number of halogens is 1. The predicted molar refractivity (Wildman–Crippen MR) is 84.1 cm³/mol. The van der Waals surface area contributed by atoms with Crippen LogP contribution in [0.15, 0.2) is 36.5 Å². The van der Waals surface area contributed by atoms with Crippen molar-refractivity contribution >= 4 is 11.6 Å². The van der Waals surface area contributed by atoms with Crippen molar-refractivity contribution in [3.05, 3.63) is 52.8 Å². The summed E-state index contributed by atoms with van der Waals surface area (Å²) in [6, 6.07) is 10.4. The number of rotatable bonds is 7. The number of benzene rings is 1. The van der Waals surface area contributed by atoms with Crippen LogP contribution in [0.2, 0.25) is 5.02 Å². The van der Waals surface area contributed by atoms with Crippen LogP contribution in [0.25, 0.3) is 0 Å². The van der Waals surface area contributed by atoms with Gasteiger partial charge in [0.1, 0.15) is 0 Å². The van der Waals surface area contributed by atoms with E-state index in [9.17, 15) is 0 Å². The Balaban J connectivity index is 2.22. The highest BCUT2D eigenvalue weighted by Gasteiger charge is 2.16. The van der Waals surface area contributed by atoms with E-state index in [0.29, 0.717) is 0 Å². The van der Waals surface area contributed by atoms with Gasteiger partial charge in [-0.25, -0.2) is 0 Å². The highest BCUT2D eigenvalue weighted by atomic mass is 35.5. The molecule has 1 aromatic heterocycles. The van der Waals surface area contributed by atoms with E-state index >= 15 is 0 Å². The summed E-state index contributed by atoms with van der Waals surface area (Å²) in [6.07, 6.45) is 3.84. The molecule has 0 saturated heterocycles.